The van der Waals surface area contributed by atoms with Crippen molar-refractivity contribution in [3.05, 3.63) is 23.9 Å². The molecule has 150 valence electrons. The standard InChI is InChI=1S/C20H27N5O3/c26-19(4-5-23-7-9-27-10-8-23)24-6-3-18-16(12-24)20(17-13-28-14-21-17)22-25(18)11-15-1-2-15/h13-15H,1-12H2. The maximum atomic E-state index is 12.8. The maximum absolute atomic E-state index is 12.8. The van der Waals surface area contributed by atoms with Gasteiger partial charge in [-0.25, -0.2) is 4.98 Å². The number of fused-ring (bicyclic) bond motifs is 1. The van der Waals surface area contributed by atoms with Crippen LogP contribution in [0.2, 0.25) is 0 Å². The van der Waals surface area contributed by atoms with Crippen LogP contribution in [0, 0.1) is 5.92 Å². The van der Waals surface area contributed by atoms with Crippen molar-refractivity contribution in [2.45, 2.75) is 38.8 Å². The van der Waals surface area contributed by atoms with Crippen molar-refractivity contribution in [1.29, 1.82) is 0 Å². The van der Waals surface area contributed by atoms with Gasteiger partial charge < -0.3 is 14.1 Å². The monoisotopic (exact) mass is 385 g/mol. The highest BCUT2D eigenvalue weighted by Crippen LogP contribution is 2.34. The van der Waals surface area contributed by atoms with Gasteiger partial charge >= 0.3 is 0 Å². The van der Waals surface area contributed by atoms with Gasteiger partial charge in [0.2, 0.25) is 5.91 Å². The largest absolute Gasteiger partial charge is 0.451 e. The molecular formula is C20H27N5O3. The Balaban J connectivity index is 1.31. The Morgan fingerprint density at radius 1 is 1.21 bits per heavy atom. The molecule has 0 bridgehead atoms. The van der Waals surface area contributed by atoms with E-state index in [1.165, 1.54) is 24.9 Å². The molecule has 5 rings (SSSR count). The van der Waals surface area contributed by atoms with Crippen molar-refractivity contribution in [1.82, 2.24) is 24.6 Å². The molecular weight excluding hydrogens is 358 g/mol. The van der Waals surface area contributed by atoms with Gasteiger partial charge in [0.15, 0.2) is 6.39 Å². The van der Waals surface area contributed by atoms with E-state index in [1.54, 1.807) is 6.26 Å². The fourth-order valence-corrected chi connectivity index (χ4v) is 4.17. The highest BCUT2D eigenvalue weighted by Gasteiger charge is 2.31. The summed E-state index contributed by atoms with van der Waals surface area (Å²) in [6, 6.07) is 0. The molecule has 1 aliphatic carbocycles. The van der Waals surface area contributed by atoms with E-state index < -0.39 is 0 Å². The molecule has 0 spiro atoms. The van der Waals surface area contributed by atoms with E-state index >= 15 is 0 Å². The third-order valence-electron chi connectivity index (χ3n) is 6.04. The summed E-state index contributed by atoms with van der Waals surface area (Å²) in [5.74, 6) is 0.973. The average Bonchev–Trinajstić information content (AvgIpc) is 3.25. The van der Waals surface area contributed by atoms with Crippen LogP contribution in [0.3, 0.4) is 0 Å². The highest BCUT2D eigenvalue weighted by molar-refractivity contribution is 5.77. The van der Waals surface area contributed by atoms with Gasteiger partial charge in [-0.3, -0.25) is 14.4 Å². The summed E-state index contributed by atoms with van der Waals surface area (Å²) < 4.78 is 12.7. The summed E-state index contributed by atoms with van der Waals surface area (Å²) in [4.78, 5) is 21.4. The normalized spacial score (nSPS) is 20.4. The summed E-state index contributed by atoms with van der Waals surface area (Å²) in [6.07, 6.45) is 7.08. The van der Waals surface area contributed by atoms with Gasteiger partial charge in [-0.2, -0.15) is 5.10 Å². The van der Waals surface area contributed by atoms with E-state index in [2.05, 4.69) is 14.6 Å². The molecule has 28 heavy (non-hydrogen) atoms. The Hall–Kier alpha value is -2.19. The SMILES string of the molecule is O=C(CCN1CCOCC1)N1CCc2c(c(-c3cocn3)nn2CC2CC2)C1. The van der Waals surface area contributed by atoms with E-state index in [9.17, 15) is 4.79 Å². The maximum Gasteiger partial charge on any atom is 0.224 e. The number of ether oxygens (including phenoxy) is 1. The number of oxazole rings is 1. The van der Waals surface area contributed by atoms with Crippen LogP contribution in [0.4, 0.5) is 0 Å². The van der Waals surface area contributed by atoms with E-state index in [0.29, 0.717) is 13.0 Å². The fraction of sp³-hybridized carbons (Fsp3) is 0.650. The molecule has 0 aromatic carbocycles. The number of carbonyl (C=O) groups is 1. The molecule has 1 saturated heterocycles. The van der Waals surface area contributed by atoms with Gasteiger partial charge in [-0.15, -0.1) is 0 Å². The van der Waals surface area contributed by atoms with Crippen molar-refractivity contribution < 1.29 is 13.9 Å². The number of hydrogen-bond acceptors (Lipinski definition) is 6. The first-order valence-corrected chi connectivity index (χ1v) is 10.3. The smallest absolute Gasteiger partial charge is 0.224 e. The molecule has 2 aromatic heterocycles. The third kappa shape index (κ3) is 3.71. The highest BCUT2D eigenvalue weighted by atomic mass is 16.5. The number of carbonyl (C=O) groups excluding carboxylic acids is 1. The number of nitrogens with zero attached hydrogens (tertiary/aromatic N) is 5. The Bertz CT molecular complexity index is 821. The zero-order chi connectivity index (χ0) is 18.9. The molecule has 0 unspecified atom stereocenters. The summed E-state index contributed by atoms with van der Waals surface area (Å²) in [7, 11) is 0. The second-order valence-electron chi connectivity index (χ2n) is 8.04. The summed E-state index contributed by atoms with van der Waals surface area (Å²) in [5.41, 5.74) is 4.03. The number of rotatable bonds is 6. The first-order chi connectivity index (χ1) is 13.8. The Kier molecular flexibility index (Phi) is 4.90. The topological polar surface area (TPSA) is 76.6 Å². The van der Waals surface area contributed by atoms with Crippen LogP contribution in [0.15, 0.2) is 17.1 Å². The Labute approximate surface area is 164 Å². The predicted octanol–water partition coefficient (Wildman–Crippen LogP) is 1.56. The van der Waals surface area contributed by atoms with Crippen molar-refractivity contribution in [3.63, 3.8) is 0 Å². The minimum absolute atomic E-state index is 0.221. The molecule has 2 fully saturated rings. The number of amides is 1. The van der Waals surface area contributed by atoms with E-state index in [0.717, 1.165) is 75.2 Å². The van der Waals surface area contributed by atoms with Gasteiger partial charge in [-0.1, -0.05) is 0 Å². The van der Waals surface area contributed by atoms with Crippen LogP contribution >= 0.6 is 0 Å². The molecule has 4 heterocycles. The molecule has 8 heteroatoms. The second-order valence-corrected chi connectivity index (χ2v) is 8.04. The van der Waals surface area contributed by atoms with Crippen LogP contribution in [0.5, 0.6) is 0 Å². The van der Waals surface area contributed by atoms with Gasteiger partial charge in [0.05, 0.1) is 13.2 Å². The zero-order valence-corrected chi connectivity index (χ0v) is 16.2. The lowest BCUT2D eigenvalue weighted by Gasteiger charge is -2.30. The van der Waals surface area contributed by atoms with Gasteiger partial charge in [-0.05, 0) is 18.8 Å². The van der Waals surface area contributed by atoms with Crippen LogP contribution < -0.4 is 0 Å². The first kappa shape index (κ1) is 17.9. The molecule has 0 N–H and O–H groups in total. The summed E-state index contributed by atoms with van der Waals surface area (Å²) in [6.45, 7) is 6.54. The molecule has 0 radical (unpaired) electrons. The fourth-order valence-electron chi connectivity index (χ4n) is 4.17. The van der Waals surface area contributed by atoms with E-state index in [4.69, 9.17) is 14.3 Å². The lowest BCUT2D eigenvalue weighted by atomic mass is 10.0. The van der Waals surface area contributed by atoms with Crippen LogP contribution in [-0.4, -0.2) is 69.9 Å². The van der Waals surface area contributed by atoms with E-state index in [-0.39, 0.29) is 5.91 Å². The summed E-state index contributed by atoms with van der Waals surface area (Å²) >= 11 is 0. The number of hydrogen-bond donors (Lipinski definition) is 0. The molecule has 0 atom stereocenters. The Morgan fingerprint density at radius 3 is 2.82 bits per heavy atom. The lowest BCUT2D eigenvalue weighted by Crippen LogP contribution is -2.41. The second kappa shape index (κ2) is 7.67. The average molecular weight is 385 g/mol. The third-order valence-corrected chi connectivity index (χ3v) is 6.04. The molecule has 2 aliphatic heterocycles. The van der Waals surface area contributed by atoms with Gasteiger partial charge in [0, 0.05) is 63.4 Å². The molecule has 1 saturated carbocycles. The lowest BCUT2D eigenvalue weighted by molar-refractivity contribution is -0.132. The van der Waals surface area contributed by atoms with Crippen LogP contribution in [0.25, 0.3) is 11.4 Å². The molecule has 8 nitrogen and oxygen atoms in total. The van der Waals surface area contributed by atoms with E-state index in [1.807, 2.05) is 4.90 Å². The number of aromatic nitrogens is 3. The Morgan fingerprint density at radius 2 is 2.07 bits per heavy atom. The molecule has 1 amide bonds. The van der Waals surface area contributed by atoms with Crippen molar-refractivity contribution in [2.75, 3.05) is 39.4 Å². The van der Waals surface area contributed by atoms with Crippen molar-refractivity contribution in [3.8, 4) is 11.4 Å². The minimum Gasteiger partial charge on any atom is -0.451 e. The van der Waals surface area contributed by atoms with Crippen LogP contribution in [-0.2, 0) is 29.0 Å². The zero-order valence-electron chi connectivity index (χ0n) is 16.2. The first-order valence-electron chi connectivity index (χ1n) is 10.3. The van der Waals surface area contributed by atoms with Crippen molar-refractivity contribution in [2.24, 2.45) is 5.92 Å². The predicted molar refractivity (Wildman–Crippen MR) is 101 cm³/mol. The quantitative estimate of drug-likeness (QED) is 0.751. The van der Waals surface area contributed by atoms with Gasteiger partial charge in [0.25, 0.3) is 0 Å². The van der Waals surface area contributed by atoms with Gasteiger partial charge in [0.1, 0.15) is 17.7 Å². The molecule has 2 aromatic rings. The summed E-state index contributed by atoms with van der Waals surface area (Å²) in [5, 5.41) is 4.86. The molecule has 3 aliphatic rings. The van der Waals surface area contributed by atoms with Crippen molar-refractivity contribution >= 4 is 5.91 Å². The number of morpholine rings is 1. The minimum atomic E-state index is 0.221. The van der Waals surface area contributed by atoms with Crippen LogP contribution in [0.1, 0.15) is 30.5 Å².